The molecule has 1 saturated heterocycles. The molecular weight excluding hydrogens is 240 g/mol. The Hall–Kier alpha value is -0.610. The van der Waals surface area contributed by atoms with Gasteiger partial charge in [-0.05, 0) is 38.1 Å². The van der Waals surface area contributed by atoms with Crippen molar-refractivity contribution in [3.05, 3.63) is 0 Å². The van der Waals surface area contributed by atoms with Crippen LogP contribution in [-0.2, 0) is 9.53 Å². The fraction of sp³-hybridized carbons (Fsp3) is 0.933. The van der Waals surface area contributed by atoms with E-state index in [0.717, 1.165) is 6.54 Å². The van der Waals surface area contributed by atoms with Gasteiger partial charge in [-0.2, -0.15) is 0 Å². The Morgan fingerprint density at radius 2 is 2.21 bits per heavy atom. The van der Waals surface area contributed by atoms with Gasteiger partial charge in [-0.15, -0.1) is 0 Å². The lowest BCUT2D eigenvalue weighted by Crippen LogP contribution is -2.47. The first-order valence-electron chi connectivity index (χ1n) is 7.65. The zero-order valence-corrected chi connectivity index (χ0v) is 12.9. The Morgan fingerprint density at radius 3 is 2.79 bits per heavy atom. The summed E-state index contributed by atoms with van der Waals surface area (Å²) in [6, 6.07) is 0.444. The van der Waals surface area contributed by atoms with Gasteiger partial charge in [0.15, 0.2) is 0 Å². The number of ether oxygens (including phenoxy) is 1. The maximum absolute atomic E-state index is 12.1. The molecule has 112 valence electrons. The Kier molecular flexibility index (Phi) is 7.39. The van der Waals surface area contributed by atoms with E-state index in [2.05, 4.69) is 31.4 Å². The third kappa shape index (κ3) is 5.91. The summed E-state index contributed by atoms with van der Waals surface area (Å²) < 4.78 is 5.44. The van der Waals surface area contributed by atoms with E-state index in [1.807, 2.05) is 6.92 Å². The molecule has 1 heterocycles. The molecule has 1 fully saturated rings. The number of carbonyl (C=O) groups is 1. The summed E-state index contributed by atoms with van der Waals surface area (Å²) in [6.07, 6.45) is 3.02. The van der Waals surface area contributed by atoms with Crippen molar-refractivity contribution in [1.82, 2.24) is 10.6 Å². The molecule has 0 aromatic heterocycles. The van der Waals surface area contributed by atoms with Crippen LogP contribution in [0, 0.1) is 11.8 Å². The highest BCUT2D eigenvalue weighted by Gasteiger charge is 2.24. The van der Waals surface area contributed by atoms with E-state index >= 15 is 0 Å². The van der Waals surface area contributed by atoms with Crippen molar-refractivity contribution >= 4 is 5.91 Å². The molecule has 0 aromatic rings. The van der Waals surface area contributed by atoms with Crippen LogP contribution in [-0.4, -0.2) is 37.7 Å². The van der Waals surface area contributed by atoms with Crippen LogP contribution in [0.15, 0.2) is 0 Å². The molecule has 3 unspecified atom stereocenters. The standard InChI is InChI=1S/C15H30N2O2/c1-5-19-10-14(11(2)3)17-15(18)9-13-12(4)7-6-8-16-13/h11-14,16H,5-10H2,1-4H3,(H,17,18). The Labute approximate surface area is 117 Å². The molecule has 1 amide bonds. The first-order valence-corrected chi connectivity index (χ1v) is 7.65. The normalized spacial score (nSPS) is 25.3. The molecular formula is C15H30N2O2. The summed E-state index contributed by atoms with van der Waals surface area (Å²) in [4.78, 5) is 12.1. The largest absolute Gasteiger partial charge is 0.380 e. The van der Waals surface area contributed by atoms with Crippen molar-refractivity contribution in [3.8, 4) is 0 Å². The Bertz CT molecular complexity index is 269. The first kappa shape index (κ1) is 16.4. The van der Waals surface area contributed by atoms with Gasteiger partial charge in [0.1, 0.15) is 0 Å². The number of carbonyl (C=O) groups excluding carboxylic acids is 1. The number of amides is 1. The predicted molar refractivity (Wildman–Crippen MR) is 78.1 cm³/mol. The second-order valence-corrected chi connectivity index (χ2v) is 5.96. The van der Waals surface area contributed by atoms with E-state index in [4.69, 9.17) is 4.74 Å². The highest BCUT2D eigenvalue weighted by atomic mass is 16.5. The van der Waals surface area contributed by atoms with E-state index in [9.17, 15) is 4.79 Å². The molecule has 0 radical (unpaired) electrons. The highest BCUT2D eigenvalue weighted by Crippen LogP contribution is 2.18. The van der Waals surface area contributed by atoms with Crippen molar-refractivity contribution < 1.29 is 9.53 Å². The number of piperidine rings is 1. The van der Waals surface area contributed by atoms with Crippen molar-refractivity contribution in [2.75, 3.05) is 19.8 Å². The summed E-state index contributed by atoms with van der Waals surface area (Å²) in [5.74, 6) is 1.13. The third-order valence-electron chi connectivity index (χ3n) is 3.99. The van der Waals surface area contributed by atoms with Crippen molar-refractivity contribution in [1.29, 1.82) is 0 Å². The first-order chi connectivity index (χ1) is 9.04. The number of hydrogen-bond acceptors (Lipinski definition) is 3. The summed E-state index contributed by atoms with van der Waals surface area (Å²) in [5.41, 5.74) is 0. The lowest BCUT2D eigenvalue weighted by molar-refractivity contribution is -0.123. The quantitative estimate of drug-likeness (QED) is 0.743. The molecule has 4 heteroatoms. The average molecular weight is 270 g/mol. The van der Waals surface area contributed by atoms with Crippen LogP contribution >= 0.6 is 0 Å². The maximum atomic E-state index is 12.1. The van der Waals surface area contributed by atoms with Gasteiger partial charge in [0.05, 0.1) is 12.6 Å². The second-order valence-electron chi connectivity index (χ2n) is 5.96. The molecule has 1 aliphatic rings. The minimum atomic E-state index is 0.117. The van der Waals surface area contributed by atoms with Gasteiger partial charge >= 0.3 is 0 Å². The maximum Gasteiger partial charge on any atom is 0.221 e. The van der Waals surface area contributed by atoms with E-state index in [1.54, 1.807) is 0 Å². The van der Waals surface area contributed by atoms with Crippen LogP contribution in [0.2, 0.25) is 0 Å². The van der Waals surface area contributed by atoms with E-state index in [0.29, 0.717) is 37.5 Å². The molecule has 1 aliphatic heterocycles. The van der Waals surface area contributed by atoms with Crippen LogP contribution in [0.4, 0.5) is 0 Å². The van der Waals surface area contributed by atoms with E-state index in [-0.39, 0.29) is 11.9 Å². The molecule has 0 spiro atoms. The summed E-state index contributed by atoms with van der Waals surface area (Å²) >= 11 is 0. The number of rotatable bonds is 7. The molecule has 4 nitrogen and oxygen atoms in total. The third-order valence-corrected chi connectivity index (χ3v) is 3.99. The van der Waals surface area contributed by atoms with Crippen LogP contribution in [0.1, 0.15) is 47.0 Å². The van der Waals surface area contributed by atoms with Gasteiger partial charge in [-0.25, -0.2) is 0 Å². The Balaban J connectivity index is 2.38. The number of nitrogens with one attached hydrogen (secondary N) is 2. The SMILES string of the molecule is CCOCC(NC(=O)CC1NCCCC1C)C(C)C. The van der Waals surface area contributed by atoms with Crippen molar-refractivity contribution in [2.45, 2.75) is 59.0 Å². The van der Waals surface area contributed by atoms with Crippen LogP contribution in [0.5, 0.6) is 0 Å². The highest BCUT2D eigenvalue weighted by molar-refractivity contribution is 5.77. The summed E-state index contributed by atoms with van der Waals surface area (Å²) in [5, 5.41) is 6.57. The molecule has 0 saturated carbocycles. The van der Waals surface area contributed by atoms with Gasteiger partial charge in [0, 0.05) is 19.1 Å². The zero-order valence-electron chi connectivity index (χ0n) is 12.9. The van der Waals surface area contributed by atoms with Crippen LogP contribution in [0.3, 0.4) is 0 Å². The minimum absolute atomic E-state index is 0.117. The summed E-state index contributed by atoms with van der Waals surface area (Å²) in [7, 11) is 0. The van der Waals surface area contributed by atoms with E-state index < -0.39 is 0 Å². The molecule has 2 N–H and O–H groups in total. The average Bonchev–Trinajstić information content (AvgIpc) is 2.37. The fourth-order valence-corrected chi connectivity index (χ4v) is 2.50. The van der Waals surface area contributed by atoms with Gasteiger partial charge in [-0.1, -0.05) is 20.8 Å². The van der Waals surface area contributed by atoms with Crippen molar-refractivity contribution in [2.24, 2.45) is 11.8 Å². The van der Waals surface area contributed by atoms with Crippen molar-refractivity contribution in [3.63, 3.8) is 0 Å². The van der Waals surface area contributed by atoms with Crippen LogP contribution < -0.4 is 10.6 Å². The molecule has 0 bridgehead atoms. The van der Waals surface area contributed by atoms with Crippen LogP contribution in [0.25, 0.3) is 0 Å². The molecule has 0 aliphatic carbocycles. The minimum Gasteiger partial charge on any atom is -0.380 e. The van der Waals surface area contributed by atoms with Gasteiger partial charge in [0.2, 0.25) is 5.91 Å². The fourth-order valence-electron chi connectivity index (χ4n) is 2.50. The predicted octanol–water partition coefficient (Wildman–Crippen LogP) is 1.94. The zero-order chi connectivity index (χ0) is 14.3. The van der Waals surface area contributed by atoms with Gasteiger partial charge in [-0.3, -0.25) is 4.79 Å². The van der Waals surface area contributed by atoms with E-state index in [1.165, 1.54) is 12.8 Å². The smallest absolute Gasteiger partial charge is 0.221 e. The molecule has 0 aromatic carbocycles. The monoisotopic (exact) mass is 270 g/mol. The molecule has 3 atom stereocenters. The van der Waals surface area contributed by atoms with Gasteiger partial charge < -0.3 is 15.4 Å². The summed E-state index contributed by atoms with van der Waals surface area (Å²) in [6.45, 7) is 10.8. The second kappa shape index (κ2) is 8.54. The topological polar surface area (TPSA) is 50.4 Å². The molecule has 1 rings (SSSR count). The molecule has 19 heavy (non-hydrogen) atoms. The number of hydrogen-bond donors (Lipinski definition) is 2. The Morgan fingerprint density at radius 1 is 1.47 bits per heavy atom. The van der Waals surface area contributed by atoms with Gasteiger partial charge in [0.25, 0.3) is 0 Å². The lowest BCUT2D eigenvalue weighted by atomic mass is 9.90. The lowest BCUT2D eigenvalue weighted by Gasteiger charge is -2.30.